The van der Waals surface area contributed by atoms with Crippen LogP contribution >= 0.6 is 0 Å². The lowest BCUT2D eigenvalue weighted by atomic mass is 10.3. The van der Waals surface area contributed by atoms with Crippen LogP contribution in [0.25, 0.3) is 6.08 Å². The van der Waals surface area contributed by atoms with Crippen molar-refractivity contribution in [2.45, 2.75) is 6.54 Å². The molecule has 0 bridgehead atoms. The minimum atomic E-state index is 0.525. The summed E-state index contributed by atoms with van der Waals surface area (Å²) in [5.41, 5.74) is 6.33. The number of furan rings is 1. The maximum atomic E-state index is 5.32. The Morgan fingerprint density at radius 2 is 2.56 bits per heavy atom. The van der Waals surface area contributed by atoms with E-state index < -0.39 is 0 Å². The molecule has 2 N–H and O–H groups in total. The lowest BCUT2D eigenvalue weighted by Crippen LogP contribution is -1.92. The van der Waals surface area contributed by atoms with E-state index in [0.29, 0.717) is 6.54 Å². The average molecular weight is 123 g/mol. The van der Waals surface area contributed by atoms with Gasteiger partial charge in [-0.15, -0.1) is 0 Å². The van der Waals surface area contributed by atoms with Crippen molar-refractivity contribution in [2.75, 3.05) is 0 Å². The molecule has 2 heteroatoms. The normalized spacial score (nSPS) is 9.44. The fraction of sp³-hybridized carbons (Fsp3) is 0.143. The molecule has 0 aromatic carbocycles. The summed E-state index contributed by atoms with van der Waals surface area (Å²) in [4.78, 5) is 0. The smallest absolute Gasteiger partial charge is 0.126 e. The first kappa shape index (κ1) is 6.11. The Morgan fingerprint density at radius 1 is 1.78 bits per heavy atom. The fourth-order valence-corrected chi connectivity index (χ4v) is 0.609. The molecule has 0 radical (unpaired) electrons. The van der Waals surface area contributed by atoms with Crippen molar-refractivity contribution in [3.8, 4) is 0 Å². The molecule has 0 aliphatic carbocycles. The molecule has 1 aromatic heterocycles. The molecule has 0 fully saturated rings. The van der Waals surface area contributed by atoms with Gasteiger partial charge in [-0.05, 0) is 12.1 Å². The summed E-state index contributed by atoms with van der Waals surface area (Å²) in [6.45, 7) is 4.07. The topological polar surface area (TPSA) is 39.2 Å². The van der Waals surface area contributed by atoms with E-state index in [1.165, 1.54) is 0 Å². The summed E-state index contributed by atoms with van der Waals surface area (Å²) in [7, 11) is 0. The Balaban J connectivity index is 2.86. The van der Waals surface area contributed by atoms with E-state index in [0.717, 1.165) is 11.3 Å². The first-order chi connectivity index (χ1) is 4.36. The van der Waals surface area contributed by atoms with Crippen LogP contribution in [0.5, 0.6) is 0 Å². The van der Waals surface area contributed by atoms with Gasteiger partial charge < -0.3 is 10.2 Å². The molecule has 0 spiro atoms. The Labute approximate surface area is 54.0 Å². The van der Waals surface area contributed by atoms with Gasteiger partial charge in [0.05, 0.1) is 6.26 Å². The molecule has 0 atom stereocenters. The molecular weight excluding hydrogens is 114 g/mol. The summed E-state index contributed by atoms with van der Waals surface area (Å²) in [5, 5.41) is 0. The Morgan fingerprint density at radius 3 is 2.89 bits per heavy atom. The van der Waals surface area contributed by atoms with E-state index in [2.05, 4.69) is 6.58 Å². The highest BCUT2D eigenvalue weighted by Gasteiger charge is 1.93. The summed E-state index contributed by atoms with van der Waals surface area (Å²) >= 11 is 0. The molecule has 9 heavy (non-hydrogen) atoms. The predicted octanol–water partition coefficient (Wildman–Crippen LogP) is 1.38. The monoisotopic (exact) mass is 123 g/mol. The van der Waals surface area contributed by atoms with Gasteiger partial charge in [0.1, 0.15) is 5.76 Å². The maximum Gasteiger partial charge on any atom is 0.126 e. The third-order valence-electron chi connectivity index (χ3n) is 1.11. The van der Waals surface area contributed by atoms with Gasteiger partial charge in [-0.1, -0.05) is 6.58 Å². The van der Waals surface area contributed by atoms with Gasteiger partial charge in [-0.2, -0.15) is 0 Å². The van der Waals surface area contributed by atoms with E-state index >= 15 is 0 Å². The Hall–Kier alpha value is -1.02. The average Bonchev–Trinajstić information content (AvgIpc) is 2.34. The molecule has 0 saturated carbocycles. The van der Waals surface area contributed by atoms with E-state index in [9.17, 15) is 0 Å². The van der Waals surface area contributed by atoms with Crippen LogP contribution in [0.15, 0.2) is 23.3 Å². The fourth-order valence-electron chi connectivity index (χ4n) is 0.609. The first-order valence-corrected chi connectivity index (χ1v) is 2.76. The van der Waals surface area contributed by atoms with Crippen LogP contribution < -0.4 is 5.73 Å². The van der Waals surface area contributed by atoms with Crippen LogP contribution in [0.4, 0.5) is 0 Å². The highest BCUT2D eigenvalue weighted by atomic mass is 16.3. The Kier molecular flexibility index (Phi) is 1.70. The van der Waals surface area contributed by atoms with Crippen molar-refractivity contribution >= 4 is 6.08 Å². The van der Waals surface area contributed by atoms with Crippen LogP contribution in [0.3, 0.4) is 0 Å². The van der Waals surface area contributed by atoms with Gasteiger partial charge in [0.15, 0.2) is 0 Å². The molecule has 1 heterocycles. The maximum absolute atomic E-state index is 5.32. The van der Waals surface area contributed by atoms with Crippen molar-refractivity contribution in [1.29, 1.82) is 0 Å². The highest BCUT2D eigenvalue weighted by Crippen LogP contribution is 2.06. The van der Waals surface area contributed by atoms with Crippen LogP contribution in [0.1, 0.15) is 11.3 Å². The zero-order chi connectivity index (χ0) is 6.69. The van der Waals surface area contributed by atoms with Crippen LogP contribution in [0.2, 0.25) is 0 Å². The summed E-state index contributed by atoms with van der Waals surface area (Å²) < 4.78 is 5.01. The molecular formula is C7H9NO. The van der Waals surface area contributed by atoms with Gasteiger partial charge in [0.25, 0.3) is 0 Å². The Bertz CT molecular complexity index is 202. The lowest BCUT2D eigenvalue weighted by molar-refractivity contribution is 0.554. The van der Waals surface area contributed by atoms with Gasteiger partial charge in [-0.3, -0.25) is 0 Å². The minimum absolute atomic E-state index is 0.525. The third-order valence-corrected chi connectivity index (χ3v) is 1.11. The second-order valence-corrected chi connectivity index (χ2v) is 1.77. The molecule has 2 nitrogen and oxygen atoms in total. The summed E-state index contributed by atoms with van der Waals surface area (Å²) in [5.74, 6) is 0.774. The van der Waals surface area contributed by atoms with Gasteiger partial charge in [0.2, 0.25) is 0 Å². The van der Waals surface area contributed by atoms with E-state index in [1.54, 1.807) is 12.3 Å². The second kappa shape index (κ2) is 2.51. The van der Waals surface area contributed by atoms with E-state index in [-0.39, 0.29) is 0 Å². The van der Waals surface area contributed by atoms with Crippen molar-refractivity contribution in [1.82, 2.24) is 0 Å². The standard InChI is InChI=1S/C7H9NO/c1-2-7-3-6(4-8)5-9-7/h2-3,5H,1,4,8H2. The summed E-state index contributed by atoms with van der Waals surface area (Å²) in [6, 6.07) is 1.87. The molecule has 0 aliphatic rings. The second-order valence-electron chi connectivity index (χ2n) is 1.77. The van der Waals surface area contributed by atoms with Crippen molar-refractivity contribution in [2.24, 2.45) is 5.73 Å². The van der Waals surface area contributed by atoms with Crippen LogP contribution in [-0.4, -0.2) is 0 Å². The minimum Gasteiger partial charge on any atom is -0.465 e. The van der Waals surface area contributed by atoms with Crippen molar-refractivity contribution in [3.63, 3.8) is 0 Å². The van der Waals surface area contributed by atoms with Crippen LogP contribution in [-0.2, 0) is 6.54 Å². The van der Waals surface area contributed by atoms with Crippen molar-refractivity contribution < 1.29 is 4.42 Å². The lowest BCUT2D eigenvalue weighted by Gasteiger charge is -1.78. The zero-order valence-corrected chi connectivity index (χ0v) is 5.13. The SMILES string of the molecule is C=Cc1cc(CN)co1. The van der Waals surface area contributed by atoms with Gasteiger partial charge in [0, 0.05) is 12.1 Å². The van der Waals surface area contributed by atoms with Crippen LogP contribution in [0, 0.1) is 0 Å². The summed E-state index contributed by atoms with van der Waals surface area (Å²) in [6.07, 6.45) is 3.29. The third kappa shape index (κ3) is 1.21. The number of hydrogen-bond donors (Lipinski definition) is 1. The first-order valence-electron chi connectivity index (χ1n) is 2.76. The molecule has 1 rings (SSSR count). The predicted molar refractivity (Wildman–Crippen MR) is 36.7 cm³/mol. The quantitative estimate of drug-likeness (QED) is 0.645. The number of hydrogen-bond acceptors (Lipinski definition) is 2. The van der Waals surface area contributed by atoms with E-state index in [4.69, 9.17) is 10.2 Å². The molecule has 0 saturated heterocycles. The molecule has 0 amide bonds. The van der Waals surface area contributed by atoms with E-state index in [1.807, 2.05) is 6.07 Å². The molecule has 0 unspecified atom stereocenters. The molecule has 1 aromatic rings. The number of rotatable bonds is 2. The van der Waals surface area contributed by atoms with Crippen molar-refractivity contribution in [3.05, 3.63) is 30.2 Å². The van der Waals surface area contributed by atoms with Gasteiger partial charge >= 0.3 is 0 Å². The highest BCUT2D eigenvalue weighted by molar-refractivity contribution is 5.40. The molecule has 0 aliphatic heterocycles. The zero-order valence-electron chi connectivity index (χ0n) is 5.13. The molecule has 48 valence electrons. The number of nitrogens with two attached hydrogens (primary N) is 1. The largest absolute Gasteiger partial charge is 0.465 e. The van der Waals surface area contributed by atoms with Gasteiger partial charge in [-0.25, -0.2) is 0 Å².